The van der Waals surface area contributed by atoms with Gasteiger partial charge in [-0.1, -0.05) is 30.3 Å². The van der Waals surface area contributed by atoms with E-state index in [2.05, 4.69) is 9.88 Å². The van der Waals surface area contributed by atoms with Gasteiger partial charge in [-0.2, -0.15) is 0 Å². The Labute approximate surface area is 180 Å². The van der Waals surface area contributed by atoms with Gasteiger partial charge in [0.15, 0.2) is 0 Å². The van der Waals surface area contributed by atoms with E-state index in [-0.39, 0.29) is 23.8 Å². The normalized spacial score (nSPS) is 18.2. The maximum absolute atomic E-state index is 10.9. The Morgan fingerprint density at radius 3 is 2.60 bits per heavy atom. The van der Waals surface area contributed by atoms with Crippen LogP contribution in [0.15, 0.2) is 42.6 Å². The lowest BCUT2D eigenvalue weighted by atomic mass is 10.0. The van der Waals surface area contributed by atoms with Gasteiger partial charge in [0, 0.05) is 25.2 Å². The Kier molecular flexibility index (Phi) is 7.12. The van der Waals surface area contributed by atoms with Crippen LogP contribution in [0.4, 0.5) is 5.82 Å². The number of likely N-dealkylation sites (tertiary alicyclic amines) is 1. The molecule has 2 heterocycles. The molecule has 9 heteroatoms. The summed E-state index contributed by atoms with van der Waals surface area (Å²) in [4.78, 5) is 16.1. The summed E-state index contributed by atoms with van der Waals surface area (Å²) >= 11 is 5.97. The maximum Gasteiger partial charge on any atom is 0.383 e. The highest BCUT2D eigenvalue weighted by atomic mass is 35.5. The minimum atomic E-state index is -1.11. The van der Waals surface area contributed by atoms with E-state index in [1.54, 1.807) is 6.92 Å². The zero-order valence-corrected chi connectivity index (χ0v) is 18.0. The number of aliphatic hydroxyl groups is 1. The van der Waals surface area contributed by atoms with Crippen molar-refractivity contribution in [3.05, 3.63) is 63.6 Å². The molecule has 2 aromatic rings. The lowest BCUT2D eigenvalue weighted by molar-refractivity contribution is -0.389. The molecule has 1 N–H and O–H groups in total. The molecule has 1 fully saturated rings. The first kappa shape index (κ1) is 22.3. The van der Waals surface area contributed by atoms with Crippen LogP contribution in [0.5, 0.6) is 0 Å². The largest absolute Gasteiger partial charge is 0.490 e. The lowest BCUT2D eigenvalue weighted by Gasteiger charge is -2.37. The highest BCUT2D eigenvalue weighted by Gasteiger charge is 2.30. The van der Waals surface area contributed by atoms with Crippen molar-refractivity contribution in [3.8, 4) is 0 Å². The molecule has 0 amide bonds. The topological polar surface area (TPSA) is 93.7 Å². The molecule has 1 aliphatic rings. The predicted molar refractivity (Wildman–Crippen MR) is 115 cm³/mol. The van der Waals surface area contributed by atoms with Crippen LogP contribution in [0, 0.1) is 10.1 Å². The summed E-state index contributed by atoms with van der Waals surface area (Å²) in [6, 6.07) is 10.0. The molecule has 1 atom stereocenters. The van der Waals surface area contributed by atoms with E-state index < -0.39 is 10.5 Å². The van der Waals surface area contributed by atoms with Crippen LogP contribution in [-0.2, 0) is 11.3 Å². The fourth-order valence-corrected chi connectivity index (χ4v) is 3.94. The number of hydrogen-bond acceptors (Lipinski definition) is 6. The quantitative estimate of drug-likeness (QED) is 0.386. The molecule has 1 saturated heterocycles. The molecule has 1 aromatic carbocycles. The van der Waals surface area contributed by atoms with Crippen molar-refractivity contribution in [2.75, 3.05) is 19.6 Å². The van der Waals surface area contributed by atoms with E-state index >= 15 is 0 Å². The Bertz CT molecular complexity index is 890. The van der Waals surface area contributed by atoms with Gasteiger partial charge in [-0.05, 0) is 54.3 Å². The van der Waals surface area contributed by atoms with E-state index in [1.165, 1.54) is 10.8 Å². The summed E-state index contributed by atoms with van der Waals surface area (Å²) in [5.41, 5.74) is -0.0404. The molecule has 1 aromatic heterocycles. The number of halogens is 1. The third kappa shape index (κ3) is 5.81. The van der Waals surface area contributed by atoms with Crippen molar-refractivity contribution in [3.63, 3.8) is 0 Å². The van der Waals surface area contributed by atoms with Crippen molar-refractivity contribution < 1.29 is 14.8 Å². The summed E-state index contributed by atoms with van der Waals surface area (Å²) in [7, 11) is 0. The Morgan fingerprint density at radius 1 is 1.37 bits per heavy atom. The van der Waals surface area contributed by atoms with Crippen LogP contribution in [-0.4, -0.2) is 55.8 Å². The molecule has 1 unspecified atom stereocenters. The predicted octanol–water partition coefficient (Wildman–Crippen LogP) is 3.74. The van der Waals surface area contributed by atoms with E-state index in [1.807, 2.05) is 43.3 Å². The summed E-state index contributed by atoms with van der Waals surface area (Å²) in [6.07, 6.45) is 5.08. The smallest absolute Gasteiger partial charge is 0.383 e. The zero-order valence-electron chi connectivity index (χ0n) is 17.2. The molecular weight excluding hydrogens is 408 g/mol. The fraction of sp³-hybridized carbons (Fsp3) is 0.476. The number of nitro groups is 1. The number of ether oxygens (including phenoxy) is 1. The summed E-state index contributed by atoms with van der Waals surface area (Å²) in [6.45, 7) is 5.82. The molecule has 0 aliphatic carbocycles. The van der Waals surface area contributed by atoms with E-state index in [0.29, 0.717) is 6.54 Å². The number of piperidine rings is 1. The number of hydrogen-bond donors (Lipinski definition) is 1. The second kappa shape index (κ2) is 9.59. The summed E-state index contributed by atoms with van der Waals surface area (Å²) in [5, 5.41) is 21.7. The molecule has 8 nitrogen and oxygen atoms in total. The molecule has 0 radical (unpaired) electrons. The number of imidazole rings is 1. The first-order valence-corrected chi connectivity index (χ1v) is 10.4. The monoisotopic (exact) mass is 434 g/mol. The van der Waals surface area contributed by atoms with Crippen LogP contribution in [0.2, 0.25) is 5.28 Å². The van der Waals surface area contributed by atoms with Gasteiger partial charge in [-0.3, -0.25) is 4.57 Å². The van der Waals surface area contributed by atoms with E-state index in [4.69, 9.17) is 16.3 Å². The number of aromatic nitrogens is 2. The van der Waals surface area contributed by atoms with Gasteiger partial charge in [0.2, 0.25) is 0 Å². The Hall–Kier alpha value is -2.42. The summed E-state index contributed by atoms with van der Waals surface area (Å²) < 4.78 is 7.63. The van der Waals surface area contributed by atoms with Gasteiger partial charge in [0.25, 0.3) is 0 Å². The molecule has 30 heavy (non-hydrogen) atoms. The van der Waals surface area contributed by atoms with Gasteiger partial charge >= 0.3 is 11.1 Å². The first-order chi connectivity index (χ1) is 14.3. The van der Waals surface area contributed by atoms with Crippen molar-refractivity contribution >= 4 is 23.2 Å². The SMILES string of the molecule is CC=C(OC1CCN(CC(C)(O)Cn2cc([N+](=O)[O-])nc2Cl)CC1)c1ccccc1. The van der Waals surface area contributed by atoms with Crippen molar-refractivity contribution in [1.82, 2.24) is 14.5 Å². The highest BCUT2D eigenvalue weighted by Crippen LogP contribution is 2.25. The standard InChI is InChI=1S/C21H27ClN4O4/c1-3-18(16-7-5-4-6-8-16)30-17-9-11-24(12-10-17)14-21(2,27)15-25-13-19(26(28)29)23-20(25)22/h3-8,13,17,27H,9-12,14-15H2,1-2H3. The van der Waals surface area contributed by atoms with Gasteiger partial charge < -0.3 is 24.9 Å². The Balaban J connectivity index is 1.52. The van der Waals surface area contributed by atoms with Gasteiger partial charge in [0.05, 0.1) is 12.1 Å². The molecule has 0 bridgehead atoms. The third-order valence-corrected chi connectivity index (χ3v) is 5.43. The van der Waals surface area contributed by atoms with Crippen molar-refractivity contribution in [1.29, 1.82) is 0 Å². The molecule has 3 rings (SSSR count). The maximum atomic E-state index is 10.9. The number of allylic oxidation sites excluding steroid dienone is 1. The molecule has 1 aliphatic heterocycles. The van der Waals surface area contributed by atoms with Crippen LogP contribution in [0.25, 0.3) is 5.76 Å². The van der Waals surface area contributed by atoms with Gasteiger partial charge in [-0.15, -0.1) is 0 Å². The number of nitrogens with zero attached hydrogens (tertiary/aromatic N) is 4. The van der Waals surface area contributed by atoms with Crippen molar-refractivity contribution in [2.24, 2.45) is 0 Å². The molecular formula is C21H27ClN4O4. The number of β-amino-alcohol motifs (C(OH)–C–C–N with tert-alkyl or cyclic N) is 1. The average molecular weight is 435 g/mol. The molecule has 0 saturated carbocycles. The highest BCUT2D eigenvalue weighted by molar-refractivity contribution is 6.28. The Morgan fingerprint density at radius 2 is 2.03 bits per heavy atom. The minimum Gasteiger partial charge on any atom is -0.490 e. The lowest BCUT2D eigenvalue weighted by Crippen LogP contribution is -2.47. The summed E-state index contributed by atoms with van der Waals surface area (Å²) in [5.74, 6) is 0.560. The van der Waals surface area contributed by atoms with Gasteiger partial charge in [-0.25, -0.2) is 0 Å². The second-order valence-electron chi connectivity index (χ2n) is 7.86. The third-order valence-electron chi connectivity index (χ3n) is 5.13. The number of rotatable bonds is 8. The zero-order chi connectivity index (χ0) is 21.7. The second-order valence-corrected chi connectivity index (χ2v) is 8.20. The molecule has 162 valence electrons. The first-order valence-electron chi connectivity index (χ1n) is 9.97. The molecule has 0 spiro atoms. The minimum absolute atomic E-state index is 0.00567. The van der Waals surface area contributed by atoms with Crippen LogP contribution < -0.4 is 0 Å². The fourth-order valence-electron chi connectivity index (χ4n) is 3.75. The van der Waals surface area contributed by atoms with Crippen LogP contribution in [0.1, 0.15) is 32.3 Å². The van der Waals surface area contributed by atoms with E-state index in [9.17, 15) is 15.2 Å². The van der Waals surface area contributed by atoms with E-state index in [0.717, 1.165) is 37.3 Å². The van der Waals surface area contributed by atoms with Crippen LogP contribution in [0.3, 0.4) is 0 Å². The van der Waals surface area contributed by atoms with Gasteiger partial charge in [0.1, 0.15) is 18.1 Å². The van der Waals surface area contributed by atoms with Crippen molar-refractivity contribution in [2.45, 2.75) is 44.9 Å². The average Bonchev–Trinajstić information content (AvgIpc) is 3.08. The van der Waals surface area contributed by atoms with Crippen LogP contribution >= 0.6 is 11.6 Å². The number of benzene rings is 1.